The summed E-state index contributed by atoms with van der Waals surface area (Å²) >= 11 is 6.54. The minimum absolute atomic E-state index is 0.0405. The summed E-state index contributed by atoms with van der Waals surface area (Å²) in [6, 6.07) is 5.81. The van der Waals surface area contributed by atoms with E-state index < -0.39 is 0 Å². The van der Waals surface area contributed by atoms with Crippen molar-refractivity contribution in [1.82, 2.24) is 15.1 Å². The van der Waals surface area contributed by atoms with Crippen LogP contribution in [0.3, 0.4) is 0 Å². The Hall–Kier alpha value is -2.46. The fourth-order valence-corrected chi connectivity index (χ4v) is 4.05. The van der Waals surface area contributed by atoms with Gasteiger partial charge in [-0.3, -0.25) is 4.79 Å². The molecular weight excluding hydrogens is 358 g/mol. The Balaban J connectivity index is 1.64. The molecule has 1 aromatic rings. The number of hydrogen-bond acceptors (Lipinski definition) is 3. The van der Waals surface area contributed by atoms with E-state index in [-0.39, 0.29) is 5.91 Å². The van der Waals surface area contributed by atoms with Crippen molar-refractivity contribution < 1.29 is 4.79 Å². The van der Waals surface area contributed by atoms with Crippen LogP contribution in [0.4, 0.5) is 0 Å². The summed E-state index contributed by atoms with van der Waals surface area (Å²) in [5.41, 5.74) is 5.08. The predicted octanol–water partition coefficient (Wildman–Crippen LogP) is 4.18. The summed E-state index contributed by atoms with van der Waals surface area (Å²) in [5.74, 6) is 0.0405. The zero-order valence-corrected chi connectivity index (χ0v) is 16.3. The number of likely N-dealkylation sites (tertiary alicyclic amines) is 1. The second kappa shape index (κ2) is 7.65. The number of allylic oxidation sites excluding steroid dienone is 2. The molecule has 1 N–H and O–H groups in total. The number of nitrogens with zero attached hydrogens (tertiary/aromatic N) is 2. The Bertz CT molecular complexity index is 876. The molecule has 0 aliphatic carbocycles. The largest absolute Gasteiger partial charge is 0.380 e. The number of nitrogens with one attached hydrogen (secondary N) is 1. The van der Waals surface area contributed by atoms with E-state index in [2.05, 4.69) is 40.8 Å². The highest BCUT2D eigenvalue weighted by atomic mass is 35.5. The molecule has 1 amide bonds. The minimum atomic E-state index is 0.0405. The number of fused-ring (bicyclic) bond motifs is 1. The van der Waals surface area contributed by atoms with Gasteiger partial charge in [0.05, 0.1) is 16.3 Å². The Labute approximate surface area is 165 Å². The molecule has 0 radical (unpaired) electrons. The summed E-state index contributed by atoms with van der Waals surface area (Å²) in [6.07, 6.45) is 12.8. The molecule has 1 fully saturated rings. The van der Waals surface area contributed by atoms with Gasteiger partial charge in [0, 0.05) is 49.7 Å². The predicted molar refractivity (Wildman–Crippen MR) is 110 cm³/mol. The van der Waals surface area contributed by atoms with E-state index in [0.717, 1.165) is 55.9 Å². The maximum absolute atomic E-state index is 12.7. The molecule has 0 aromatic heterocycles. The van der Waals surface area contributed by atoms with E-state index in [1.807, 2.05) is 30.0 Å². The first-order valence-electron chi connectivity index (χ1n) is 9.52. The SMILES string of the molecule is CC=CCN1C=C2NCC=C2C(c2ccc(C(=O)N3CCCC3)c(Cl)c2)=C1. The molecule has 0 unspecified atom stereocenters. The molecule has 27 heavy (non-hydrogen) atoms. The van der Waals surface area contributed by atoms with Crippen LogP contribution in [-0.2, 0) is 0 Å². The van der Waals surface area contributed by atoms with Crippen molar-refractivity contribution in [2.75, 3.05) is 26.2 Å². The van der Waals surface area contributed by atoms with Gasteiger partial charge in [-0.2, -0.15) is 0 Å². The molecule has 140 valence electrons. The van der Waals surface area contributed by atoms with Crippen LogP contribution in [0.5, 0.6) is 0 Å². The van der Waals surface area contributed by atoms with E-state index in [1.54, 1.807) is 0 Å². The maximum atomic E-state index is 12.7. The van der Waals surface area contributed by atoms with Crippen molar-refractivity contribution in [3.05, 3.63) is 76.2 Å². The molecule has 3 aliphatic rings. The van der Waals surface area contributed by atoms with Gasteiger partial charge in [0.2, 0.25) is 0 Å². The first-order chi connectivity index (χ1) is 13.2. The van der Waals surface area contributed by atoms with Crippen LogP contribution in [0, 0.1) is 0 Å². The van der Waals surface area contributed by atoms with Gasteiger partial charge in [0.15, 0.2) is 0 Å². The Morgan fingerprint density at radius 3 is 2.78 bits per heavy atom. The maximum Gasteiger partial charge on any atom is 0.255 e. The number of amides is 1. The van der Waals surface area contributed by atoms with Gasteiger partial charge in [0.25, 0.3) is 5.91 Å². The third kappa shape index (κ3) is 3.54. The van der Waals surface area contributed by atoms with Gasteiger partial charge in [0.1, 0.15) is 0 Å². The topological polar surface area (TPSA) is 35.6 Å². The second-order valence-electron chi connectivity index (χ2n) is 7.04. The van der Waals surface area contributed by atoms with Gasteiger partial charge in [-0.15, -0.1) is 0 Å². The number of halogens is 1. The summed E-state index contributed by atoms with van der Waals surface area (Å²) < 4.78 is 0. The summed E-state index contributed by atoms with van der Waals surface area (Å²) in [6.45, 7) is 5.33. The van der Waals surface area contributed by atoms with Crippen LogP contribution in [-0.4, -0.2) is 41.9 Å². The number of rotatable bonds is 4. The van der Waals surface area contributed by atoms with Crippen LogP contribution in [0.15, 0.2) is 60.1 Å². The van der Waals surface area contributed by atoms with Crippen LogP contribution in [0.1, 0.15) is 35.7 Å². The van der Waals surface area contributed by atoms with Crippen molar-refractivity contribution in [1.29, 1.82) is 0 Å². The first kappa shape index (κ1) is 17.9. The molecular formula is C22H24ClN3O. The molecule has 1 aromatic carbocycles. The van der Waals surface area contributed by atoms with E-state index in [9.17, 15) is 4.79 Å². The fraction of sp³-hybridized carbons (Fsp3) is 0.318. The molecule has 3 heterocycles. The first-order valence-corrected chi connectivity index (χ1v) is 9.89. The third-order valence-corrected chi connectivity index (χ3v) is 5.54. The quantitative estimate of drug-likeness (QED) is 0.795. The number of hydrogen-bond donors (Lipinski definition) is 1. The Kier molecular flexibility index (Phi) is 5.08. The average Bonchev–Trinajstić information content (AvgIpc) is 3.36. The van der Waals surface area contributed by atoms with Crippen molar-refractivity contribution in [2.45, 2.75) is 19.8 Å². The highest BCUT2D eigenvalue weighted by molar-refractivity contribution is 6.34. The Morgan fingerprint density at radius 2 is 2.04 bits per heavy atom. The van der Waals surface area contributed by atoms with E-state index in [4.69, 9.17) is 11.6 Å². The Morgan fingerprint density at radius 1 is 1.22 bits per heavy atom. The number of benzene rings is 1. The summed E-state index contributed by atoms with van der Waals surface area (Å²) in [5, 5.41) is 3.94. The van der Waals surface area contributed by atoms with E-state index in [1.165, 1.54) is 5.57 Å². The lowest BCUT2D eigenvalue weighted by Gasteiger charge is -2.25. The zero-order chi connectivity index (χ0) is 18.8. The summed E-state index contributed by atoms with van der Waals surface area (Å²) in [7, 11) is 0. The van der Waals surface area contributed by atoms with Gasteiger partial charge < -0.3 is 15.1 Å². The molecule has 0 saturated carbocycles. The van der Waals surface area contributed by atoms with Crippen LogP contribution < -0.4 is 5.32 Å². The second-order valence-corrected chi connectivity index (χ2v) is 7.45. The monoisotopic (exact) mass is 381 g/mol. The minimum Gasteiger partial charge on any atom is -0.380 e. The normalized spacial score (nSPS) is 19.0. The van der Waals surface area contributed by atoms with Gasteiger partial charge in [-0.25, -0.2) is 0 Å². The lowest BCUT2D eigenvalue weighted by molar-refractivity contribution is 0.0793. The molecule has 0 spiro atoms. The van der Waals surface area contributed by atoms with Gasteiger partial charge in [-0.1, -0.05) is 35.9 Å². The van der Waals surface area contributed by atoms with E-state index in [0.29, 0.717) is 10.6 Å². The van der Waals surface area contributed by atoms with E-state index >= 15 is 0 Å². The third-order valence-electron chi connectivity index (χ3n) is 5.22. The molecule has 3 aliphatic heterocycles. The van der Waals surface area contributed by atoms with Crippen molar-refractivity contribution in [3.63, 3.8) is 0 Å². The lowest BCUT2D eigenvalue weighted by Crippen LogP contribution is -2.27. The van der Waals surface area contributed by atoms with Gasteiger partial charge in [-0.05, 0) is 37.5 Å². The molecule has 0 bridgehead atoms. The molecule has 4 rings (SSSR count). The standard InChI is InChI=1S/C22H24ClN3O/c1-2-3-10-25-14-19(17-8-9-24-21(17)15-25)16-6-7-18(20(23)13-16)22(27)26-11-4-5-12-26/h2-3,6-8,13-15,24H,4-5,9-12H2,1H3. The molecule has 5 heteroatoms. The molecule has 0 atom stereocenters. The highest BCUT2D eigenvalue weighted by Crippen LogP contribution is 2.35. The highest BCUT2D eigenvalue weighted by Gasteiger charge is 2.25. The van der Waals surface area contributed by atoms with Crippen LogP contribution >= 0.6 is 11.6 Å². The zero-order valence-electron chi connectivity index (χ0n) is 15.5. The average molecular weight is 382 g/mol. The lowest BCUT2D eigenvalue weighted by atomic mass is 9.94. The smallest absolute Gasteiger partial charge is 0.255 e. The summed E-state index contributed by atoms with van der Waals surface area (Å²) in [4.78, 5) is 16.7. The number of carbonyl (C=O) groups excluding carboxylic acids is 1. The van der Waals surface area contributed by atoms with Crippen molar-refractivity contribution in [3.8, 4) is 0 Å². The van der Waals surface area contributed by atoms with Crippen LogP contribution in [0.2, 0.25) is 5.02 Å². The fourth-order valence-electron chi connectivity index (χ4n) is 3.79. The number of carbonyl (C=O) groups is 1. The van der Waals surface area contributed by atoms with Crippen molar-refractivity contribution in [2.24, 2.45) is 0 Å². The van der Waals surface area contributed by atoms with Crippen LogP contribution in [0.25, 0.3) is 5.57 Å². The van der Waals surface area contributed by atoms with Crippen molar-refractivity contribution >= 4 is 23.1 Å². The van der Waals surface area contributed by atoms with Gasteiger partial charge >= 0.3 is 0 Å². The molecule has 4 nitrogen and oxygen atoms in total. The molecule has 1 saturated heterocycles.